The molecule has 1 amide bonds. The first kappa shape index (κ1) is 11.9. The van der Waals surface area contributed by atoms with Crippen LogP contribution in [0.2, 0.25) is 0 Å². The summed E-state index contributed by atoms with van der Waals surface area (Å²) in [5.74, 6) is 1.82. The highest BCUT2D eigenvalue weighted by molar-refractivity contribution is 5.94. The van der Waals surface area contributed by atoms with E-state index >= 15 is 0 Å². The molecule has 2 aromatic rings. The smallest absolute Gasteiger partial charge is 0.227 e. The lowest BCUT2D eigenvalue weighted by molar-refractivity contribution is -0.122. The van der Waals surface area contributed by atoms with Crippen LogP contribution in [-0.2, 0) is 4.79 Å². The monoisotopic (exact) mass is 256 g/mol. The first-order chi connectivity index (χ1) is 9.25. The number of nitrogens with one attached hydrogen (secondary N) is 1. The van der Waals surface area contributed by atoms with Gasteiger partial charge in [0, 0.05) is 24.5 Å². The van der Waals surface area contributed by atoms with Crippen molar-refractivity contribution in [1.82, 2.24) is 14.5 Å². The molecule has 1 N–H and O–H groups in total. The summed E-state index contributed by atoms with van der Waals surface area (Å²) in [5, 5.41) is 2.98. The number of hydrogen-bond acceptors (Lipinski definition) is 3. The van der Waals surface area contributed by atoms with Crippen LogP contribution >= 0.6 is 0 Å². The number of anilines is 1. The Morgan fingerprint density at radius 1 is 1.37 bits per heavy atom. The van der Waals surface area contributed by atoms with E-state index in [-0.39, 0.29) is 11.8 Å². The van der Waals surface area contributed by atoms with Crippen LogP contribution in [0.4, 0.5) is 5.69 Å². The molecule has 0 unspecified atom stereocenters. The maximum Gasteiger partial charge on any atom is 0.227 e. The lowest BCUT2D eigenvalue weighted by Gasteiger charge is -2.24. The molecule has 5 nitrogen and oxygen atoms in total. The van der Waals surface area contributed by atoms with Crippen molar-refractivity contribution < 1.29 is 4.79 Å². The van der Waals surface area contributed by atoms with E-state index in [4.69, 9.17) is 0 Å². The summed E-state index contributed by atoms with van der Waals surface area (Å²) in [7, 11) is 0. The summed E-state index contributed by atoms with van der Waals surface area (Å²) in [6.45, 7) is 1.91. The van der Waals surface area contributed by atoms with Crippen LogP contribution in [0.1, 0.15) is 25.1 Å². The molecule has 1 aliphatic carbocycles. The number of aromatic nitrogens is 3. The van der Waals surface area contributed by atoms with Crippen molar-refractivity contribution in [3.8, 4) is 5.82 Å². The Bertz CT molecular complexity index is 601. The minimum atomic E-state index is 0.0956. The van der Waals surface area contributed by atoms with Gasteiger partial charge in [-0.3, -0.25) is 9.36 Å². The number of nitrogens with zero attached hydrogens (tertiary/aromatic N) is 3. The Kier molecular flexibility index (Phi) is 3.03. The van der Waals surface area contributed by atoms with Gasteiger partial charge in [-0.1, -0.05) is 6.42 Å². The SMILES string of the molecule is Cc1nccn1-c1ncccc1NC(=O)C1CCC1. The van der Waals surface area contributed by atoms with Crippen molar-refractivity contribution in [2.45, 2.75) is 26.2 Å². The van der Waals surface area contributed by atoms with E-state index in [0.717, 1.165) is 30.8 Å². The summed E-state index contributed by atoms with van der Waals surface area (Å²) >= 11 is 0. The topological polar surface area (TPSA) is 59.8 Å². The minimum Gasteiger partial charge on any atom is -0.323 e. The molecule has 1 aliphatic rings. The van der Waals surface area contributed by atoms with Crippen molar-refractivity contribution in [2.24, 2.45) is 5.92 Å². The normalized spacial score (nSPS) is 15.0. The molecular weight excluding hydrogens is 240 g/mol. The number of carbonyl (C=O) groups excluding carboxylic acids is 1. The molecule has 5 heteroatoms. The molecule has 19 heavy (non-hydrogen) atoms. The van der Waals surface area contributed by atoms with Crippen molar-refractivity contribution >= 4 is 11.6 Å². The van der Waals surface area contributed by atoms with E-state index in [0.29, 0.717) is 5.82 Å². The fourth-order valence-corrected chi connectivity index (χ4v) is 2.19. The van der Waals surface area contributed by atoms with Gasteiger partial charge in [-0.15, -0.1) is 0 Å². The zero-order valence-electron chi connectivity index (χ0n) is 10.8. The number of rotatable bonds is 3. The van der Waals surface area contributed by atoms with E-state index in [2.05, 4.69) is 15.3 Å². The number of pyridine rings is 1. The van der Waals surface area contributed by atoms with Gasteiger partial charge >= 0.3 is 0 Å². The molecule has 2 aromatic heterocycles. The molecule has 0 aromatic carbocycles. The molecule has 2 heterocycles. The fourth-order valence-electron chi connectivity index (χ4n) is 2.19. The average molecular weight is 256 g/mol. The summed E-state index contributed by atoms with van der Waals surface area (Å²) in [5.41, 5.74) is 0.737. The van der Waals surface area contributed by atoms with Gasteiger partial charge < -0.3 is 5.32 Å². The zero-order valence-corrected chi connectivity index (χ0v) is 10.8. The molecule has 3 rings (SSSR count). The number of amides is 1. The standard InChI is InChI=1S/C14H16N4O/c1-10-15-8-9-18(10)13-12(6-3-7-16-13)17-14(19)11-4-2-5-11/h3,6-9,11H,2,4-5H2,1H3,(H,17,19). The first-order valence-corrected chi connectivity index (χ1v) is 6.52. The summed E-state index contributed by atoms with van der Waals surface area (Å²) in [6, 6.07) is 3.70. The van der Waals surface area contributed by atoms with Gasteiger partial charge in [-0.2, -0.15) is 0 Å². The van der Waals surface area contributed by atoms with Gasteiger partial charge in [0.15, 0.2) is 5.82 Å². The Morgan fingerprint density at radius 2 is 2.21 bits per heavy atom. The molecule has 0 spiro atoms. The predicted octanol–water partition coefficient (Wildman–Crippen LogP) is 2.31. The highest BCUT2D eigenvalue weighted by Crippen LogP contribution is 2.28. The summed E-state index contributed by atoms with van der Waals surface area (Å²) < 4.78 is 1.87. The van der Waals surface area contributed by atoms with Crippen LogP contribution in [0.25, 0.3) is 5.82 Å². The molecule has 1 saturated carbocycles. The highest BCUT2D eigenvalue weighted by Gasteiger charge is 2.25. The van der Waals surface area contributed by atoms with Crippen molar-refractivity contribution in [3.05, 3.63) is 36.5 Å². The summed E-state index contributed by atoms with van der Waals surface area (Å²) in [6.07, 6.45) is 8.42. The number of carbonyl (C=O) groups is 1. The third-order valence-electron chi connectivity index (χ3n) is 3.57. The number of aryl methyl sites for hydroxylation is 1. The second-order valence-corrected chi connectivity index (χ2v) is 4.84. The van der Waals surface area contributed by atoms with Gasteiger partial charge in [-0.05, 0) is 31.9 Å². The van der Waals surface area contributed by atoms with Gasteiger partial charge in [0.05, 0.1) is 5.69 Å². The van der Waals surface area contributed by atoms with E-state index < -0.39 is 0 Å². The molecule has 1 fully saturated rings. The van der Waals surface area contributed by atoms with Gasteiger partial charge in [-0.25, -0.2) is 9.97 Å². The van der Waals surface area contributed by atoms with Crippen LogP contribution in [0.5, 0.6) is 0 Å². The van der Waals surface area contributed by atoms with Crippen LogP contribution in [0, 0.1) is 12.8 Å². The van der Waals surface area contributed by atoms with Crippen LogP contribution in [0.15, 0.2) is 30.7 Å². The van der Waals surface area contributed by atoms with Crippen LogP contribution in [-0.4, -0.2) is 20.4 Å². The quantitative estimate of drug-likeness (QED) is 0.916. The largest absolute Gasteiger partial charge is 0.323 e. The second kappa shape index (κ2) is 4.84. The lowest BCUT2D eigenvalue weighted by atomic mass is 9.85. The predicted molar refractivity (Wildman–Crippen MR) is 72.1 cm³/mol. The van der Waals surface area contributed by atoms with E-state index in [1.165, 1.54) is 0 Å². The van der Waals surface area contributed by atoms with Crippen molar-refractivity contribution in [1.29, 1.82) is 0 Å². The minimum absolute atomic E-state index is 0.0956. The third-order valence-corrected chi connectivity index (χ3v) is 3.57. The van der Waals surface area contributed by atoms with Crippen molar-refractivity contribution in [2.75, 3.05) is 5.32 Å². The Hall–Kier alpha value is -2.17. The van der Waals surface area contributed by atoms with Gasteiger partial charge in [0.25, 0.3) is 0 Å². The van der Waals surface area contributed by atoms with Crippen molar-refractivity contribution in [3.63, 3.8) is 0 Å². The van der Waals surface area contributed by atoms with E-state index in [9.17, 15) is 4.79 Å². The molecule has 0 bridgehead atoms. The lowest BCUT2D eigenvalue weighted by Crippen LogP contribution is -2.28. The zero-order chi connectivity index (χ0) is 13.2. The average Bonchev–Trinajstić information content (AvgIpc) is 2.74. The van der Waals surface area contributed by atoms with Crippen LogP contribution < -0.4 is 5.32 Å². The van der Waals surface area contributed by atoms with E-state index in [1.54, 1.807) is 12.4 Å². The number of imidazole rings is 1. The first-order valence-electron chi connectivity index (χ1n) is 6.52. The molecule has 98 valence electrons. The molecule has 0 atom stereocenters. The third kappa shape index (κ3) is 2.23. The summed E-state index contributed by atoms with van der Waals surface area (Å²) in [4.78, 5) is 20.6. The van der Waals surface area contributed by atoms with Gasteiger partial charge in [0.1, 0.15) is 5.82 Å². The fraction of sp³-hybridized carbons (Fsp3) is 0.357. The maximum atomic E-state index is 12.0. The molecule has 0 saturated heterocycles. The molecule has 0 radical (unpaired) electrons. The Labute approximate surface area is 111 Å². The van der Waals surface area contributed by atoms with Crippen LogP contribution in [0.3, 0.4) is 0 Å². The van der Waals surface area contributed by atoms with E-state index in [1.807, 2.05) is 29.8 Å². The second-order valence-electron chi connectivity index (χ2n) is 4.84. The Balaban J connectivity index is 1.89. The highest BCUT2D eigenvalue weighted by atomic mass is 16.1. The maximum absolute atomic E-state index is 12.0. The molecular formula is C14H16N4O. The Morgan fingerprint density at radius 3 is 2.84 bits per heavy atom. The van der Waals surface area contributed by atoms with Gasteiger partial charge in [0.2, 0.25) is 5.91 Å². The number of hydrogen-bond donors (Lipinski definition) is 1. The molecule has 0 aliphatic heterocycles.